The number of ketones is 1. The molecule has 0 aromatic rings. The van der Waals surface area contributed by atoms with Crippen molar-refractivity contribution in [3.63, 3.8) is 0 Å². The third-order valence-corrected chi connectivity index (χ3v) is 1.23. The zero-order valence-corrected chi connectivity index (χ0v) is 6.76. The van der Waals surface area contributed by atoms with E-state index >= 15 is 0 Å². The molecule has 0 N–H and O–H groups in total. The van der Waals surface area contributed by atoms with Gasteiger partial charge in [-0.15, -0.1) is 0 Å². The standard InChI is InChI=1S/C5H8O5S/c1-5(7)4-10-11(8)9-3-2-6/h2H,3-4H2,1H3. The van der Waals surface area contributed by atoms with Crippen molar-refractivity contribution in [1.82, 2.24) is 0 Å². The smallest absolute Gasteiger partial charge is 0.301 e. The zero-order chi connectivity index (χ0) is 8.69. The molecule has 0 bridgehead atoms. The molecule has 11 heavy (non-hydrogen) atoms. The number of carbonyl (C=O) groups is 2. The van der Waals surface area contributed by atoms with Crippen LogP contribution in [0.2, 0.25) is 0 Å². The maximum absolute atomic E-state index is 10.5. The SMILES string of the molecule is CC(=O)COS(=O)OCC=O. The van der Waals surface area contributed by atoms with Gasteiger partial charge in [0, 0.05) is 0 Å². The van der Waals surface area contributed by atoms with Gasteiger partial charge in [0.25, 0.3) is 0 Å². The average Bonchev–Trinajstić information content (AvgIpc) is 1.97. The van der Waals surface area contributed by atoms with Crippen molar-refractivity contribution < 1.29 is 22.2 Å². The van der Waals surface area contributed by atoms with Crippen LogP contribution in [-0.2, 0) is 29.3 Å². The topological polar surface area (TPSA) is 69.7 Å². The monoisotopic (exact) mass is 180 g/mol. The quantitative estimate of drug-likeness (QED) is 0.510. The Bertz CT molecular complexity index is 166. The Hall–Kier alpha value is -0.590. The van der Waals surface area contributed by atoms with Gasteiger partial charge in [-0.05, 0) is 6.92 Å². The minimum Gasteiger partial charge on any atom is -0.301 e. The predicted molar refractivity (Wildman–Crippen MR) is 36.8 cm³/mol. The Kier molecular flexibility index (Phi) is 5.81. The second-order valence-electron chi connectivity index (χ2n) is 1.62. The Morgan fingerprint density at radius 2 is 2.18 bits per heavy atom. The molecule has 5 nitrogen and oxygen atoms in total. The van der Waals surface area contributed by atoms with Crippen molar-refractivity contribution in [2.24, 2.45) is 0 Å². The Morgan fingerprint density at radius 1 is 1.55 bits per heavy atom. The molecule has 0 saturated carbocycles. The molecule has 0 rings (SSSR count). The summed E-state index contributed by atoms with van der Waals surface area (Å²) in [6.45, 7) is 0.715. The van der Waals surface area contributed by atoms with E-state index in [-0.39, 0.29) is 19.0 Å². The molecule has 1 unspecified atom stereocenters. The van der Waals surface area contributed by atoms with Gasteiger partial charge in [-0.25, -0.2) is 0 Å². The van der Waals surface area contributed by atoms with Crippen LogP contribution in [0.1, 0.15) is 6.92 Å². The van der Waals surface area contributed by atoms with Gasteiger partial charge >= 0.3 is 11.4 Å². The van der Waals surface area contributed by atoms with Gasteiger partial charge in [0.1, 0.15) is 19.5 Å². The van der Waals surface area contributed by atoms with E-state index in [1.807, 2.05) is 0 Å². The van der Waals surface area contributed by atoms with E-state index in [1.54, 1.807) is 0 Å². The minimum absolute atomic E-state index is 0.256. The van der Waals surface area contributed by atoms with E-state index in [0.717, 1.165) is 0 Å². The van der Waals surface area contributed by atoms with E-state index in [9.17, 15) is 13.8 Å². The fourth-order valence-corrected chi connectivity index (χ4v) is 0.745. The normalized spacial score (nSPS) is 12.5. The third kappa shape index (κ3) is 7.31. The maximum Gasteiger partial charge on any atom is 0.305 e. The first-order valence-corrected chi connectivity index (χ1v) is 3.78. The van der Waals surface area contributed by atoms with Gasteiger partial charge in [0.05, 0.1) is 0 Å². The van der Waals surface area contributed by atoms with Gasteiger partial charge in [-0.3, -0.25) is 13.2 Å². The van der Waals surface area contributed by atoms with Crippen LogP contribution in [0.4, 0.5) is 0 Å². The fourth-order valence-electron chi connectivity index (χ4n) is 0.248. The van der Waals surface area contributed by atoms with Gasteiger partial charge in [0.2, 0.25) is 0 Å². The summed E-state index contributed by atoms with van der Waals surface area (Å²) in [7, 11) is 0. The number of hydrogen-bond donors (Lipinski definition) is 0. The first-order valence-electron chi connectivity index (χ1n) is 2.78. The molecule has 0 amide bonds. The molecule has 0 saturated heterocycles. The van der Waals surface area contributed by atoms with Crippen LogP contribution in [0, 0.1) is 0 Å². The summed E-state index contributed by atoms with van der Waals surface area (Å²) in [5.41, 5.74) is 0. The summed E-state index contributed by atoms with van der Waals surface area (Å²) in [5, 5.41) is 0. The van der Waals surface area contributed by atoms with Crippen LogP contribution < -0.4 is 0 Å². The van der Waals surface area contributed by atoms with Crippen molar-refractivity contribution in [2.75, 3.05) is 13.2 Å². The summed E-state index contributed by atoms with van der Waals surface area (Å²) in [6.07, 6.45) is 0.440. The molecule has 0 aliphatic carbocycles. The second-order valence-corrected chi connectivity index (χ2v) is 2.50. The first kappa shape index (κ1) is 10.4. The van der Waals surface area contributed by atoms with Crippen molar-refractivity contribution in [3.05, 3.63) is 0 Å². The highest BCUT2D eigenvalue weighted by Crippen LogP contribution is 1.87. The summed E-state index contributed by atoms with van der Waals surface area (Å²) in [5.74, 6) is -0.256. The van der Waals surface area contributed by atoms with Gasteiger partial charge in [-0.1, -0.05) is 0 Å². The van der Waals surface area contributed by atoms with Crippen molar-refractivity contribution in [1.29, 1.82) is 0 Å². The van der Waals surface area contributed by atoms with Crippen LogP contribution in [0.5, 0.6) is 0 Å². The Balaban J connectivity index is 3.37. The Labute approximate surface area is 66.5 Å². The van der Waals surface area contributed by atoms with Crippen molar-refractivity contribution in [2.45, 2.75) is 6.92 Å². The minimum atomic E-state index is -1.99. The molecule has 6 heteroatoms. The molecule has 1 atom stereocenters. The van der Waals surface area contributed by atoms with Gasteiger partial charge in [-0.2, -0.15) is 4.21 Å². The van der Waals surface area contributed by atoms with Crippen molar-refractivity contribution >= 4 is 23.4 Å². The lowest BCUT2D eigenvalue weighted by molar-refractivity contribution is -0.118. The summed E-state index contributed by atoms with van der Waals surface area (Å²) in [6, 6.07) is 0. The summed E-state index contributed by atoms with van der Waals surface area (Å²) >= 11 is -1.99. The van der Waals surface area contributed by atoms with E-state index in [1.165, 1.54) is 6.92 Å². The summed E-state index contributed by atoms with van der Waals surface area (Å²) < 4.78 is 19.1. The van der Waals surface area contributed by atoms with E-state index < -0.39 is 11.4 Å². The van der Waals surface area contributed by atoms with E-state index in [4.69, 9.17) is 0 Å². The molecular weight excluding hydrogens is 172 g/mol. The number of Topliss-reactive ketones (excluding diaryl/α,β-unsaturated/α-hetero) is 1. The van der Waals surface area contributed by atoms with Crippen molar-refractivity contribution in [3.8, 4) is 0 Å². The molecule has 0 radical (unpaired) electrons. The molecule has 0 aromatic heterocycles. The molecular formula is C5H8O5S. The molecule has 64 valence electrons. The predicted octanol–water partition coefficient (Wildman–Crippen LogP) is -0.614. The van der Waals surface area contributed by atoms with E-state index in [0.29, 0.717) is 6.29 Å². The van der Waals surface area contributed by atoms with Gasteiger partial charge in [0.15, 0.2) is 5.78 Å². The highest BCUT2D eigenvalue weighted by Gasteiger charge is 2.01. The largest absolute Gasteiger partial charge is 0.305 e. The molecule has 0 fully saturated rings. The highest BCUT2D eigenvalue weighted by atomic mass is 32.2. The molecule has 0 heterocycles. The maximum atomic E-state index is 10.5. The fraction of sp³-hybridized carbons (Fsp3) is 0.600. The third-order valence-electron chi connectivity index (χ3n) is 0.591. The first-order chi connectivity index (χ1) is 5.16. The molecule has 0 aliphatic heterocycles. The summed E-state index contributed by atoms with van der Waals surface area (Å²) in [4.78, 5) is 19.9. The van der Waals surface area contributed by atoms with Gasteiger partial charge < -0.3 is 4.79 Å². The molecule has 0 aromatic carbocycles. The number of carbonyl (C=O) groups excluding carboxylic acids is 2. The van der Waals surface area contributed by atoms with Crippen LogP contribution >= 0.6 is 0 Å². The number of hydrogen-bond acceptors (Lipinski definition) is 5. The lowest BCUT2D eigenvalue weighted by Gasteiger charge is -1.97. The lowest BCUT2D eigenvalue weighted by Crippen LogP contribution is -2.09. The lowest BCUT2D eigenvalue weighted by atomic mass is 10.5. The number of aldehydes is 1. The number of rotatable bonds is 6. The second kappa shape index (κ2) is 6.14. The van der Waals surface area contributed by atoms with Crippen LogP contribution in [0.25, 0.3) is 0 Å². The highest BCUT2D eigenvalue weighted by molar-refractivity contribution is 7.75. The Morgan fingerprint density at radius 3 is 2.64 bits per heavy atom. The molecule has 0 aliphatic rings. The van der Waals surface area contributed by atoms with Crippen LogP contribution in [-0.4, -0.2) is 29.5 Å². The van der Waals surface area contributed by atoms with E-state index in [2.05, 4.69) is 8.37 Å². The average molecular weight is 180 g/mol. The molecule has 0 spiro atoms. The zero-order valence-electron chi connectivity index (χ0n) is 5.94. The van der Waals surface area contributed by atoms with Crippen LogP contribution in [0.3, 0.4) is 0 Å². The van der Waals surface area contributed by atoms with Crippen LogP contribution in [0.15, 0.2) is 0 Å².